The molecule has 0 aliphatic carbocycles. The number of rotatable bonds is 4. The van der Waals surface area contributed by atoms with Gasteiger partial charge in [-0.15, -0.1) is 21.5 Å². The van der Waals surface area contributed by atoms with Crippen molar-refractivity contribution >= 4 is 17.0 Å². The molecule has 0 spiro atoms. The summed E-state index contributed by atoms with van der Waals surface area (Å²) in [6.07, 6.45) is 1.90. The van der Waals surface area contributed by atoms with Gasteiger partial charge < -0.3 is 5.32 Å². The summed E-state index contributed by atoms with van der Waals surface area (Å²) in [7, 11) is 0. The third-order valence-corrected chi connectivity index (χ3v) is 3.51. The standard InChI is InChI=1S/C12H12N6S/c1-8-13-6-11(19-8)7-14-10-4-2-3-9(5-10)12-15-17-18-16-12/h2-6,14H,7H2,1H3,(H,15,16,17,18). The SMILES string of the molecule is Cc1ncc(CNc2cccc(-c3nn[nH]n3)c2)s1. The number of nitrogens with one attached hydrogen (secondary N) is 2. The maximum Gasteiger partial charge on any atom is 0.204 e. The van der Waals surface area contributed by atoms with Crippen molar-refractivity contribution in [2.75, 3.05) is 5.32 Å². The maximum atomic E-state index is 4.23. The number of benzene rings is 1. The molecule has 96 valence electrons. The number of hydrogen-bond acceptors (Lipinski definition) is 6. The molecular formula is C12H12N6S. The van der Waals surface area contributed by atoms with Crippen molar-refractivity contribution in [3.05, 3.63) is 40.3 Å². The van der Waals surface area contributed by atoms with Gasteiger partial charge in [0, 0.05) is 22.3 Å². The summed E-state index contributed by atoms with van der Waals surface area (Å²) < 4.78 is 0. The second kappa shape index (κ2) is 5.15. The molecule has 0 atom stereocenters. The second-order valence-corrected chi connectivity index (χ2v) is 5.33. The highest BCUT2D eigenvalue weighted by Crippen LogP contribution is 2.19. The zero-order valence-corrected chi connectivity index (χ0v) is 11.1. The number of tetrazole rings is 1. The summed E-state index contributed by atoms with van der Waals surface area (Å²) in [4.78, 5) is 5.44. The highest BCUT2D eigenvalue weighted by molar-refractivity contribution is 7.11. The minimum absolute atomic E-state index is 0.595. The Kier molecular flexibility index (Phi) is 3.20. The lowest BCUT2D eigenvalue weighted by atomic mass is 10.2. The van der Waals surface area contributed by atoms with Gasteiger partial charge in [-0.3, -0.25) is 0 Å². The van der Waals surface area contributed by atoms with Crippen LogP contribution in [-0.4, -0.2) is 25.6 Å². The minimum atomic E-state index is 0.595. The molecule has 0 amide bonds. The first kappa shape index (κ1) is 11.8. The van der Waals surface area contributed by atoms with Crippen LogP contribution in [0, 0.1) is 6.92 Å². The number of anilines is 1. The Labute approximate surface area is 113 Å². The molecule has 2 N–H and O–H groups in total. The fraction of sp³-hybridized carbons (Fsp3) is 0.167. The van der Waals surface area contributed by atoms with Crippen molar-refractivity contribution in [3.63, 3.8) is 0 Å². The smallest absolute Gasteiger partial charge is 0.204 e. The van der Waals surface area contributed by atoms with Gasteiger partial charge in [-0.05, 0) is 24.3 Å². The Morgan fingerprint density at radius 2 is 2.32 bits per heavy atom. The third-order valence-electron chi connectivity index (χ3n) is 2.60. The molecular weight excluding hydrogens is 260 g/mol. The lowest BCUT2D eigenvalue weighted by Gasteiger charge is -2.05. The number of hydrogen-bond donors (Lipinski definition) is 2. The molecule has 0 fully saturated rings. The van der Waals surface area contributed by atoms with Crippen LogP contribution in [0.2, 0.25) is 0 Å². The number of aromatic amines is 1. The Morgan fingerprint density at radius 1 is 1.37 bits per heavy atom. The summed E-state index contributed by atoms with van der Waals surface area (Å²) in [5.41, 5.74) is 1.95. The van der Waals surface area contributed by atoms with Crippen LogP contribution in [0.3, 0.4) is 0 Å². The highest BCUT2D eigenvalue weighted by Gasteiger charge is 2.04. The largest absolute Gasteiger partial charge is 0.380 e. The van der Waals surface area contributed by atoms with Gasteiger partial charge in [0.1, 0.15) is 0 Å². The molecule has 6 nitrogen and oxygen atoms in total. The third kappa shape index (κ3) is 2.76. The average Bonchev–Trinajstić information content (AvgIpc) is 3.08. The molecule has 7 heteroatoms. The molecule has 3 rings (SSSR count). The zero-order chi connectivity index (χ0) is 13.1. The van der Waals surface area contributed by atoms with Crippen LogP contribution in [0.25, 0.3) is 11.4 Å². The van der Waals surface area contributed by atoms with Crippen LogP contribution < -0.4 is 5.32 Å². The Bertz CT molecular complexity index is 660. The number of nitrogens with zero attached hydrogens (tertiary/aromatic N) is 4. The van der Waals surface area contributed by atoms with Crippen LogP contribution >= 0.6 is 11.3 Å². The van der Waals surface area contributed by atoms with E-state index in [1.807, 2.05) is 37.4 Å². The average molecular weight is 272 g/mol. The predicted molar refractivity (Wildman–Crippen MR) is 73.8 cm³/mol. The molecule has 0 radical (unpaired) electrons. The van der Waals surface area contributed by atoms with Gasteiger partial charge in [-0.25, -0.2) is 4.98 Å². The monoisotopic (exact) mass is 272 g/mol. The lowest BCUT2D eigenvalue weighted by molar-refractivity contribution is 0.881. The van der Waals surface area contributed by atoms with E-state index < -0.39 is 0 Å². The molecule has 0 bridgehead atoms. The molecule has 2 heterocycles. The van der Waals surface area contributed by atoms with Gasteiger partial charge in [-0.1, -0.05) is 12.1 Å². The van der Waals surface area contributed by atoms with Crippen molar-refractivity contribution < 1.29 is 0 Å². The lowest BCUT2D eigenvalue weighted by Crippen LogP contribution is -1.97. The topological polar surface area (TPSA) is 79.4 Å². The van der Waals surface area contributed by atoms with E-state index in [2.05, 4.69) is 30.9 Å². The van der Waals surface area contributed by atoms with Crippen LogP contribution in [0.5, 0.6) is 0 Å². The molecule has 19 heavy (non-hydrogen) atoms. The van der Waals surface area contributed by atoms with Gasteiger partial charge in [0.15, 0.2) is 0 Å². The number of aryl methyl sites for hydroxylation is 1. The van der Waals surface area contributed by atoms with E-state index in [1.54, 1.807) is 11.3 Å². The van der Waals surface area contributed by atoms with E-state index >= 15 is 0 Å². The normalized spacial score (nSPS) is 10.6. The Balaban J connectivity index is 1.73. The molecule has 3 aromatic rings. The first-order valence-corrected chi connectivity index (χ1v) is 6.62. The van der Waals surface area contributed by atoms with E-state index in [4.69, 9.17) is 0 Å². The summed E-state index contributed by atoms with van der Waals surface area (Å²) in [6, 6.07) is 7.93. The van der Waals surface area contributed by atoms with Gasteiger partial charge in [-0.2, -0.15) is 5.21 Å². The van der Waals surface area contributed by atoms with E-state index in [-0.39, 0.29) is 0 Å². The van der Waals surface area contributed by atoms with Crippen LogP contribution in [0.1, 0.15) is 9.88 Å². The summed E-state index contributed by atoms with van der Waals surface area (Å²) in [6.45, 7) is 2.77. The highest BCUT2D eigenvalue weighted by atomic mass is 32.1. The fourth-order valence-electron chi connectivity index (χ4n) is 1.73. The maximum absolute atomic E-state index is 4.23. The summed E-state index contributed by atoms with van der Waals surface area (Å²) in [5, 5.41) is 18.4. The Morgan fingerprint density at radius 3 is 3.05 bits per heavy atom. The molecule has 1 aromatic carbocycles. The van der Waals surface area contributed by atoms with Crippen LogP contribution in [-0.2, 0) is 6.54 Å². The number of thiazole rings is 1. The van der Waals surface area contributed by atoms with Crippen molar-refractivity contribution in [1.82, 2.24) is 25.6 Å². The number of aromatic nitrogens is 5. The van der Waals surface area contributed by atoms with Crippen molar-refractivity contribution in [2.24, 2.45) is 0 Å². The van der Waals surface area contributed by atoms with E-state index in [9.17, 15) is 0 Å². The van der Waals surface area contributed by atoms with E-state index in [1.165, 1.54) is 4.88 Å². The quantitative estimate of drug-likeness (QED) is 0.761. The van der Waals surface area contributed by atoms with Gasteiger partial charge in [0.25, 0.3) is 0 Å². The van der Waals surface area contributed by atoms with Crippen molar-refractivity contribution in [3.8, 4) is 11.4 Å². The second-order valence-electron chi connectivity index (χ2n) is 4.02. The van der Waals surface area contributed by atoms with Gasteiger partial charge in [0.05, 0.1) is 11.6 Å². The summed E-state index contributed by atoms with van der Waals surface area (Å²) in [5.74, 6) is 0.595. The molecule has 0 unspecified atom stereocenters. The first-order chi connectivity index (χ1) is 9.31. The molecule has 0 aliphatic heterocycles. The zero-order valence-electron chi connectivity index (χ0n) is 10.3. The van der Waals surface area contributed by atoms with Crippen LogP contribution in [0.15, 0.2) is 30.5 Å². The molecule has 0 saturated heterocycles. The van der Waals surface area contributed by atoms with Crippen molar-refractivity contribution in [1.29, 1.82) is 0 Å². The first-order valence-electron chi connectivity index (χ1n) is 5.80. The summed E-state index contributed by atoms with van der Waals surface area (Å²) >= 11 is 1.70. The molecule has 0 aliphatic rings. The van der Waals surface area contributed by atoms with Crippen molar-refractivity contribution in [2.45, 2.75) is 13.5 Å². The van der Waals surface area contributed by atoms with Crippen LogP contribution in [0.4, 0.5) is 5.69 Å². The predicted octanol–water partition coefficient (Wildman–Crippen LogP) is 2.24. The van der Waals surface area contributed by atoms with E-state index in [0.29, 0.717) is 5.82 Å². The Hall–Kier alpha value is -2.28. The van der Waals surface area contributed by atoms with Gasteiger partial charge >= 0.3 is 0 Å². The van der Waals surface area contributed by atoms with Gasteiger partial charge in [0.2, 0.25) is 5.82 Å². The molecule has 0 saturated carbocycles. The number of H-pyrrole nitrogens is 1. The fourth-order valence-corrected chi connectivity index (χ4v) is 2.46. The molecule has 2 aromatic heterocycles. The van der Waals surface area contributed by atoms with E-state index in [0.717, 1.165) is 22.8 Å². The minimum Gasteiger partial charge on any atom is -0.380 e.